The summed E-state index contributed by atoms with van der Waals surface area (Å²) in [4.78, 5) is 49.8. The smallest absolute Gasteiger partial charge is 0.230 e. The number of rotatable bonds is 2. The lowest BCUT2D eigenvalue weighted by atomic mass is 9.56. The van der Waals surface area contributed by atoms with Crippen molar-refractivity contribution in [2.45, 2.75) is 30.6 Å². The molecular formula is C19H20N4O7. The first-order chi connectivity index (χ1) is 14.0. The second-order valence-corrected chi connectivity index (χ2v) is 8.03. The van der Waals surface area contributed by atoms with Gasteiger partial charge in [-0.2, -0.15) is 0 Å². The molecule has 6 atom stereocenters. The highest BCUT2D eigenvalue weighted by molar-refractivity contribution is 6.16. The average molecular weight is 416 g/mol. The molecule has 1 saturated carbocycles. The van der Waals surface area contributed by atoms with Gasteiger partial charge in [0.15, 0.2) is 17.2 Å². The van der Waals surface area contributed by atoms with Gasteiger partial charge in [0.1, 0.15) is 17.4 Å². The number of nitroso groups, excluding NO2 is 1. The van der Waals surface area contributed by atoms with Crippen molar-refractivity contribution in [2.75, 3.05) is 5.73 Å². The van der Waals surface area contributed by atoms with Crippen LogP contribution in [0.15, 0.2) is 28.6 Å². The SMILES string of the molecule is NC(=O)C1C(=O)[C@@]2(O)C(N=O)=C3C(=O)c4c(O)ccc(N)c4CC3CC2[C@H](N)C1O. The first kappa shape index (κ1) is 20.1. The summed E-state index contributed by atoms with van der Waals surface area (Å²) >= 11 is 0. The minimum absolute atomic E-state index is 0.0550. The highest BCUT2D eigenvalue weighted by Crippen LogP contribution is 2.52. The second-order valence-electron chi connectivity index (χ2n) is 8.03. The van der Waals surface area contributed by atoms with Gasteiger partial charge in [-0.05, 0) is 41.6 Å². The minimum atomic E-state index is -2.67. The third-order valence-electron chi connectivity index (χ3n) is 6.61. The Balaban J connectivity index is 1.98. The molecule has 4 unspecified atom stereocenters. The van der Waals surface area contributed by atoms with E-state index in [9.17, 15) is 34.6 Å². The summed E-state index contributed by atoms with van der Waals surface area (Å²) in [5.74, 6) is -7.37. The molecule has 0 heterocycles. The molecule has 4 rings (SSSR count). The number of amides is 1. The number of carbonyl (C=O) groups is 3. The van der Waals surface area contributed by atoms with E-state index in [2.05, 4.69) is 5.18 Å². The van der Waals surface area contributed by atoms with Crippen molar-refractivity contribution in [1.82, 2.24) is 0 Å². The highest BCUT2D eigenvalue weighted by atomic mass is 16.3. The van der Waals surface area contributed by atoms with Gasteiger partial charge < -0.3 is 32.5 Å². The molecule has 0 bridgehead atoms. The molecular weight excluding hydrogens is 396 g/mol. The number of fused-ring (bicyclic) bond motifs is 3. The van der Waals surface area contributed by atoms with Crippen LogP contribution in [0, 0.1) is 22.7 Å². The van der Waals surface area contributed by atoms with Crippen LogP contribution in [-0.4, -0.2) is 50.5 Å². The number of aromatic hydroxyl groups is 1. The fraction of sp³-hybridized carbons (Fsp3) is 0.421. The Hall–Kier alpha value is -3.15. The number of aliphatic hydroxyl groups excluding tert-OH is 1. The number of aliphatic hydroxyl groups is 2. The third kappa shape index (κ3) is 2.33. The van der Waals surface area contributed by atoms with Crippen LogP contribution in [0.2, 0.25) is 0 Å². The third-order valence-corrected chi connectivity index (χ3v) is 6.61. The number of hydrogen-bond acceptors (Lipinski definition) is 10. The lowest BCUT2D eigenvalue weighted by Crippen LogP contribution is -2.70. The van der Waals surface area contributed by atoms with E-state index in [4.69, 9.17) is 17.2 Å². The Bertz CT molecular complexity index is 1050. The zero-order valence-corrected chi connectivity index (χ0v) is 15.6. The van der Waals surface area contributed by atoms with Gasteiger partial charge in [-0.1, -0.05) is 0 Å². The van der Waals surface area contributed by atoms with Crippen LogP contribution < -0.4 is 17.2 Å². The number of nitrogens with zero attached hydrogens (tertiary/aromatic N) is 1. The van der Waals surface area contributed by atoms with Crippen LogP contribution in [0.3, 0.4) is 0 Å². The van der Waals surface area contributed by atoms with Crippen LogP contribution in [0.5, 0.6) is 5.75 Å². The van der Waals surface area contributed by atoms with Gasteiger partial charge in [-0.25, -0.2) is 0 Å². The Kier molecular flexibility index (Phi) is 4.31. The number of ketones is 2. The molecule has 0 radical (unpaired) electrons. The number of primary amides is 1. The molecule has 3 aliphatic carbocycles. The fourth-order valence-corrected chi connectivity index (χ4v) is 5.16. The van der Waals surface area contributed by atoms with Crippen LogP contribution in [0.4, 0.5) is 5.69 Å². The number of carbonyl (C=O) groups excluding carboxylic acids is 3. The standard InChI is InChI=1S/C19H20N4O7/c20-8-1-2-9(24)11-6(8)3-5-4-7-13(21)15(26)12(18(22)28)17(27)19(7,29)16(23-30)10(5)14(11)25/h1-2,5,7,12-13,15,24,26,29H,3-4,20-21H2,(H2,22,28)/t5?,7?,12?,13-,15?,19-/m0/s1. The molecule has 0 aromatic heterocycles. The van der Waals surface area contributed by atoms with E-state index in [1.54, 1.807) is 0 Å². The largest absolute Gasteiger partial charge is 0.507 e. The maximum atomic E-state index is 13.2. The molecule has 30 heavy (non-hydrogen) atoms. The first-order valence-corrected chi connectivity index (χ1v) is 9.28. The van der Waals surface area contributed by atoms with Crippen molar-refractivity contribution in [3.8, 4) is 5.75 Å². The Morgan fingerprint density at radius 1 is 1.27 bits per heavy atom. The molecule has 1 amide bonds. The van der Waals surface area contributed by atoms with Crippen molar-refractivity contribution in [3.05, 3.63) is 39.4 Å². The zero-order chi connectivity index (χ0) is 22.1. The molecule has 0 aliphatic heterocycles. The molecule has 1 fully saturated rings. The summed E-state index contributed by atoms with van der Waals surface area (Å²) in [7, 11) is 0. The summed E-state index contributed by atoms with van der Waals surface area (Å²) < 4.78 is 0. The van der Waals surface area contributed by atoms with Gasteiger partial charge in [0.25, 0.3) is 0 Å². The van der Waals surface area contributed by atoms with Gasteiger partial charge in [-0.3, -0.25) is 14.4 Å². The monoisotopic (exact) mass is 416 g/mol. The van der Waals surface area contributed by atoms with E-state index in [1.807, 2.05) is 0 Å². The molecule has 11 heteroatoms. The minimum Gasteiger partial charge on any atom is -0.507 e. The predicted molar refractivity (Wildman–Crippen MR) is 102 cm³/mol. The van der Waals surface area contributed by atoms with E-state index in [0.717, 1.165) is 0 Å². The summed E-state index contributed by atoms with van der Waals surface area (Å²) in [5.41, 5.74) is 14.0. The number of nitrogen functional groups attached to an aromatic ring is 1. The lowest BCUT2D eigenvalue weighted by Gasteiger charge is -2.51. The van der Waals surface area contributed by atoms with Crippen molar-refractivity contribution < 1.29 is 29.7 Å². The van der Waals surface area contributed by atoms with E-state index in [-0.39, 0.29) is 35.4 Å². The van der Waals surface area contributed by atoms with Gasteiger partial charge in [0.2, 0.25) is 5.91 Å². The van der Waals surface area contributed by atoms with Gasteiger partial charge in [0.05, 0.1) is 11.7 Å². The number of phenolic OH excluding ortho intramolecular Hbond substituents is 1. The van der Waals surface area contributed by atoms with E-state index >= 15 is 0 Å². The summed E-state index contributed by atoms with van der Waals surface area (Å²) in [5, 5.41) is 34.7. The molecule has 1 aromatic carbocycles. The Labute approximate surface area is 169 Å². The number of phenols is 1. The molecule has 11 nitrogen and oxygen atoms in total. The number of allylic oxidation sites excluding steroid dienone is 1. The predicted octanol–water partition coefficient (Wildman–Crippen LogP) is -1.53. The molecule has 158 valence electrons. The number of hydrogen-bond donors (Lipinski definition) is 6. The fourth-order valence-electron chi connectivity index (χ4n) is 5.16. The molecule has 3 aliphatic rings. The van der Waals surface area contributed by atoms with E-state index < -0.39 is 58.7 Å². The van der Waals surface area contributed by atoms with Crippen molar-refractivity contribution >= 4 is 23.2 Å². The van der Waals surface area contributed by atoms with Gasteiger partial charge >= 0.3 is 0 Å². The van der Waals surface area contributed by atoms with Crippen LogP contribution in [0.25, 0.3) is 0 Å². The topological polar surface area (TPSA) is 219 Å². The van der Waals surface area contributed by atoms with Gasteiger partial charge in [0, 0.05) is 23.2 Å². The number of benzene rings is 1. The van der Waals surface area contributed by atoms with E-state index in [1.165, 1.54) is 12.1 Å². The zero-order valence-electron chi connectivity index (χ0n) is 15.6. The van der Waals surface area contributed by atoms with E-state index in [0.29, 0.717) is 5.56 Å². The average Bonchev–Trinajstić information content (AvgIpc) is 2.68. The molecule has 0 spiro atoms. The van der Waals surface area contributed by atoms with Crippen molar-refractivity contribution in [1.29, 1.82) is 0 Å². The maximum Gasteiger partial charge on any atom is 0.230 e. The summed E-state index contributed by atoms with van der Waals surface area (Å²) in [6, 6.07) is 1.37. The second kappa shape index (κ2) is 6.42. The van der Waals surface area contributed by atoms with Crippen LogP contribution >= 0.6 is 0 Å². The summed E-state index contributed by atoms with van der Waals surface area (Å²) in [6.45, 7) is 0. The van der Waals surface area contributed by atoms with Crippen molar-refractivity contribution in [2.24, 2.45) is 34.4 Å². The Morgan fingerprint density at radius 2 is 1.93 bits per heavy atom. The first-order valence-electron chi connectivity index (χ1n) is 9.28. The van der Waals surface area contributed by atoms with Crippen molar-refractivity contribution in [3.63, 3.8) is 0 Å². The number of nitrogens with two attached hydrogens (primary N) is 3. The maximum absolute atomic E-state index is 13.2. The van der Waals surface area contributed by atoms with Crippen LogP contribution in [0.1, 0.15) is 22.3 Å². The molecule has 9 N–H and O–H groups in total. The van der Waals surface area contributed by atoms with Crippen LogP contribution in [-0.2, 0) is 16.0 Å². The normalized spacial score (nSPS) is 35.4. The van der Waals surface area contributed by atoms with Gasteiger partial charge in [-0.15, -0.1) is 4.91 Å². The lowest BCUT2D eigenvalue weighted by molar-refractivity contribution is -0.166. The summed E-state index contributed by atoms with van der Waals surface area (Å²) in [6.07, 6.45) is -1.60. The molecule has 1 aromatic rings. The number of anilines is 1. The number of Topliss-reactive ketones (excluding diaryl/α,β-unsaturated/α-hetero) is 2. The Morgan fingerprint density at radius 3 is 2.53 bits per heavy atom. The highest BCUT2D eigenvalue weighted by Gasteiger charge is 2.65. The molecule has 0 saturated heterocycles. The quantitative estimate of drug-likeness (QED) is 0.142.